The monoisotopic (exact) mass is 245 g/mol. The summed E-state index contributed by atoms with van der Waals surface area (Å²) < 4.78 is 1.75. The molecule has 6 heteroatoms. The zero-order valence-corrected chi connectivity index (χ0v) is 9.46. The van der Waals surface area contributed by atoms with E-state index in [4.69, 9.17) is 17.3 Å². The highest BCUT2D eigenvalue weighted by atomic mass is 35.5. The van der Waals surface area contributed by atoms with Gasteiger partial charge in [0, 0.05) is 11.8 Å². The Balaban J connectivity index is 2.31. The molecule has 3 aromatic heterocycles. The lowest BCUT2D eigenvalue weighted by atomic mass is 10.2. The van der Waals surface area contributed by atoms with Crippen LogP contribution in [0.25, 0.3) is 16.8 Å². The van der Waals surface area contributed by atoms with Gasteiger partial charge in [0.1, 0.15) is 0 Å². The van der Waals surface area contributed by atoms with E-state index >= 15 is 0 Å². The maximum absolute atomic E-state index is 6.07. The molecule has 0 aliphatic rings. The second-order valence-electron chi connectivity index (χ2n) is 3.51. The molecule has 3 heterocycles. The smallest absolute Gasteiger partial charge is 0.220 e. The van der Waals surface area contributed by atoms with Crippen LogP contribution in [0.5, 0.6) is 0 Å². The number of nitrogens with zero attached hydrogens (tertiary/aromatic N) is 4. The van der Waals surface area contributed by atoms with Crippen LogP contribution < -0.4 is 5.73 Å². The minimum atomic E-state index is 0.194. The zero-order valence-electron chi connectivity index (χ0n) is 8.71. The molecule has 17 heavy (non-hydrogen) atoms. The Labute approximate surface area is 102 Å². The summed E-state index contributed by atoms with van der Waals surface area (Å²) in [6.07, 6.45) is 5.06. The lowest BCUT2D eigenvalue weighted by Crippen LogP contribution is -1.96. The minimum absolute atomic E-state index is 0.194. The Hall–Kier alpha value is -2.14. The fraction of sp³-hybridized carbons (Fsp3) is 0. The van der Waals surface area contributed by atoms with Crippen LogP contribution in [0.1, 0.15) is 0 Å². The lowest BCUT2D eigenvalue weighted by Gasteiger charge is -2.01. The van der Waals surface area contributed by atoms with Crippen molar-refractivity contribution in [3.05, 3.63) is 41.8 Å². The predicted molar refractivity (Wildman–Crippen MR) is 65.6 cm³/mol. The van der Waals surface area contributed by atoms with Gasteiger partial charge in [0.15, 0.2) is 0 Å². The Bertz CT molecular complexity index is 691. The summed E-state index contributed by atoms with van der Waals surface area (Å²) in [4.78, 5) is 7.98. The standard InChI is InChI=1S/C11H8ClN5/c12-8-6-14-11(13)16-10(8)7-5-15-17-4-2-1-3-9(7)17/h1-6H,(H2,13,14,16). The number of hydrogen-bond donors (Lipinski definition) is 1. The molecule has 0 saturated heterocycles. The summed E-state index contributed by atoms with van der Waals surface area (Å²) in [6, 6.07) is 5.77. The van der Waals surface area contributed by atoms with Crippen molar-refractivity contribution >= 4 is 23.1 Å². The van der Waals surface area contributed by atoms with Crippen molar-refractivity contribution in [1.82, 2.24) is 19.6 Å². The first kappa shape index (κ1) is 10.0. The molecule has 0 radical (unpaired) electrons. The summed E-state index contributed by atoms with van der Waals surface area (Å²) in [7, 11) is 0. The van der Waals surface area contributed by atoms with E-state index in [1.165, 1.54) is 6.20 Å². The van der Waals surface area contributed by atoms with Crippen LogP contribution >= 0.6 is 11.6 Å². The highest BCUT2D eigenvalue weighted by Crippen LogP contribution is 2.28. The maximum Gasteiger partial charge on any atom is 0.220 e. The molecule has 0 unspecified atom stereocenters. The molecule has 0 atom stereocenters. The molecule has 0 fully saturated rings. The number of fused-ring (bicyclic) bond motifs is 1. The van der Waals surface area contributed by atoms with Crippen molar-refractivity contribution in [2.75, 3.05) is 5.73 Å². The average Bonchev–Trinajstić information content (AvgIpc) is 2.76. The fourth-order valence-corrected chi connectivity index (χ4v) is 1.88. The summed E-state index contributed by atoms with van der Waals surface area (Å²) in [5.41, 5.74) is 7.93. The van der Waals surface area contributed by atoms with Crippen molar-refractivity contribution in [2.24, 2.45) is 0 Å². The second-order valence-corrected chi connectivity index (χ2v) is 3.92. The molecule has 0 bridgehead atoms. The molecule has 0 aliphatic heterocycles. The van der Waals surface area contributed by atoms with E-state index in [2.05, 4.69) is 15.1 Å². The third kappa shape index (κ3) is 1.60. The number of anilines is 1. The Kier molecular flexibility index (Phi) is 2.19. The molecule has 0 aliphatic carbocycles. The van der Waals surface area contributed by atoms with Crippen LogP contribution in [-0.2, 0) is 0 Å². The number of halogens is 1. The molecule has 0 aromatic carbocycles. The fourth-order valence-electron chi connectivity index (χ4n) is 1.69. The highest BCUT2D eigenvalue weighted by Gasteiger charge is 2.12. The number of rotatable bonds is 1. The maximum atomic E-state index is 6.07. The molecule has 0 spiro atoms. The third-order valence-corrected chi connectivity index (χ3v) is 2.72. The van der Waals surface area contributed by atoms with Crippen molar-refractivity contribution in [1.29, 1.82) is 0 Å². The number of hydrogen-bond acceptors (Lipinski definition) is 4. The topological polar surface area (TPSA) is 69.1 Å². The second kappa shape index (κ2) is 3.71. The van der Waals surface area contributed by atoms with Gasteiger partial charge < -0.3 is 5.73 Å². The number of aromatic nitrogens is 4. The quantitative estimate of drug-likeness (QED) is 0.712. The molecule has 3 aromatic rings. The first-order valence-corrected chi connectivity index (χ1v) is 5.34. The van der Waals surface area contributed by atoms with Gasteiger partial charge in [-0.25, -0.2) is 14.5 Å². The normalized spacial score (nSPS) is 10.9. The SMILES string of the molecule is Nc1ncc(Cl)c(-c2cnn3ccccc23)n1. The highest BCUT2D eigenvalue weighted by molar-refractivity contribution is 6.33. The van der Waals surface area contributed by atoms with Crippen molar-refractivity contribution in [3.8, 4) is 11.3 Å². The molecule has 2 N–H and O–H groups in total. The van der Waals surface area contributed by atoms with E-state index in [-0.39, 0.29) is 5.95 Å². The van der Waals surface area contributed by atoms with Gasteiger partial charge >= 0.3 is 0 Å². The van der Waals surface area contributed by atoms with E-state index < -0.39 is 0 Å². The molecule has 0 amide bonds. The summed E-state index contributed by atoms with van der Waals surface area (Å²) in [6.45, 7) is 0. The summed E-state index contributed by atoms with van der Waals surface area (Å²) in [5, 5.41) is 4.68. The van der Waals surface area contributed by atoms with Crippen molar-refractivity contribution < 1.29 is 0 Å². The lowest BCUT2D eigenvalue weighted by molar-refractivity contribution is 0.961. The number of pyridine rings is 1. The van der Waals surface area contributed by atoms with Crippen LogP contribution in [0, 0.1) is 0 Å². The third-order valence-electron chi connectivity index (χ3n) is 2.44. The molecular weight excluding hydrogens is 238 g/mol. The first-order valence-electron chi connectivity index (χ1n) is 4.96. The number of nitrogens with two attached hydrogens (primary N) is 1. The molecular formula is C11H8ClN5. The Morgan fingerprint density at radius 2 is 2.12 bits per heavy atom. The van der Waals surface area contributed by atoms with E-state index in [1.54, 1.807) is 10.7 Å². The van der Waals surface area contributed by atoms with Crippen LogP contribution in [0.15, 0.2) is 36.8 Å². The van der Waals surface area contributed by atoms with Crippen molar-refractivity contribution in [2.45, 2.75) is 0 Å². The van der Waals surface area contributed by atoms with E-state index in [0.29, 0.717) is 10.7 Å². The van der Waals surface area contributed by atoms with Gasteiger partial charge in [0.2, 0.25) is 5.95 Å². The first-order chi connectivity index (χ1) is 8.25. The van der Waals surface area contributed by atoms with E-state index in [1.807, 2.05) is 24.4 Å². The molecule has 3 rings (SSSR count). The number of nitrogen functional groups attached to an aromatic ring is 1. The van der Waals surface area contributed by atoms with Gasteiger partial charge in [-0.3, -0.25) is 0 Å². The van der Waals surface area contributed by atoms with Crippen LogP contribution in [-0.4, -0.2) is 19.6 Å². The van der Waals surface area contributed by atoms with Gasteiger partial charge in [-0.2, -0.15) is 5.10 Å². The van der Waals surface area contributed by atoms with Crippen LogP contribution in [0.4, 0.5) is 5.95 Å². The predicted octanol–water partition coefficient (Wildman–Crippen LogP) is 2.03. The van der Waals surface area contributed by atoms with Crippen LogP contribution in [0.3, 0.4) is 0 Å². The minimum Gasteiger partial charge on any atom is -0.368 e. The van der Waals surface area contributed by atoms with Gasteiger partial charge in [0.25, 0.3) is 0 Å². The molecule has 0 saturated carbocycles. The largest absolute Gasteiger partial charge is 0.368 e. The van der Waals surface area contributed by atoms with E-state index in [0.717, 1.165) is 11.1 Å². The van der Waals surface area contributed by atoms with Crippen LogP contribution in [0.2, 0.25) is 5.02 Å². The summed E-state index contributed by atoms with van der Waals surface area (Å²) in [5.74, 6) is 0.194. The van der Waals surface area contributed by atoms with Gasteiger partial charge in [-0.1, -0.05) is 17.7 Å². The zero-order chi connectivity index (χ0) is 11.8. The molecule has 5 nitrogen and oxygen atoms in total. The Morgan fingerprint density at radius 3 is 3.00 bits per heavy atom. The van der Waals surface area contributed by atoms with Gasteiger partial charge in [0.05, 0.1) is 28.6 Å². The van der Waals surface area contributed by atoms with E-state index in [9.17, 15) is 0 Å². The van der Waals surface area contributed by atoms with Crippen molar-refractivity contribution in [3.63, 3.8) is 0 Å². The molecule has 84 valence electrons. The average molecular weight is 246 g/mol. The summed E-state index contributed by atoms with van der Waals surface area (Å²) >= 11 is 6.07. The van der Waals surface area contributed by atoms with Gasteiger partial charge in [-0.15, -0.1) is 0 Å². The van der Waals surface area contributed by atoms with Gasteiger partial charge in [-0.05, 0) is 12.1 Å². The Morgan fingerprint density at radius 1 is 1.24 bits per heavy atom.